The van der Waals surface area contributed by atoms with E-state index in [1.165, 1.54) is 5.56 Å². The van der Waals surface area contributed by atoms with E-state index < -0.39 is 11.9 Å². The average molecular weight is 533 g/mol. The van der Waals surface area contributed by atoms with E-state index in [1.807, 2.05) is 36.4 Å². The Balaban J connectivity index is 1.66. The number of aliphatic carboxylic acids is 1. The zero-order chi connectivity index (χ0) is 25.8. The fourth-order valence-corrected chi connectivity index (χ4v) is 6.21. The van der Waals surface area contributed by atoms with Gasteiger partial charge >= 0.3 is 5.97 Å². The van der Waals surface area contributed by atoms with Crippen LogP contribution in [0.1, 0.15) is 49.8 Å². The largest absolute Gasteiger partial charge is 0.481 e. The molecule has 0 bridgehead atoms. The third-order valence-corrected chi connectivity index (χ3v) is 8.38. The molecular weight excluding hydrogens is 499 g/mol. The fourth-order valence-electron chi connectivity index (χ4n) is 5.89. The summed E-state index contributed by atoms with van der Waals surface area (Å²) < 4.78 is 5.62. The molecule has 2 saturated heterocycles. The highest BCUT2D eigenvalue weighted by Gasteiger charge is 2.43. The molecule has 6 atom stereocenters. The van der Waals surface area contributed by atoms with E-state index in [-0.39, 0.29) is 42.2 Å². The number of amides is 1. The Morgan fingerprint density at radius 2 is 1.81 bits per heavy atom. The highest BCUT2D eigenvalue weighted by molar-refractivity contribution is 6.30. The molecule has 6 nitrogen and oxygen atoms in total. The predicted molar refractivity (Wildman–Crippen MR) is 141 cm³/mol. The summed E-state index contributed by atoms with van der Waals surface area (Å²) >= 11 is 12.5. The lowest BCUT2D eigenvalue weighted by Crippen LogP contribution is -2.54. The smallest absolute Gasteiger partial charge is 0.304 e. The molecular formula is C28H34Cl2N2O4. The third-order valence-electron chi connectivity index (χ3n) is 7.89. The fraction of sp³-hybridized carbons (Fsp3) is 0.500. The summed E-state index contributed by atoms with van der Waals surface area (Å²) in [6.07, 6.45) is 0.296. The molecule has 2 aliphatic heterocycles. The zero-order valence-electron chi connectivity index (χ0n) is 20.7. The van der Waals surface area contributed by atoms with Gasteiger partial charge in [0.05, 0.1) is 19.6 Å². The number of carboxylic acids is 1. The number of morpholine rings is 1. The second-order valence-electron chi connectivity index (χ2n) is 10.1. The van der Waals surface area contributed by atoms with Crippen molar-refractivity contribution in [1.82, 2.24) is 10.2 Å². The second-order valence-corrected chi connectivity index (χ2v) is 11.0. The first-order valence-corrected chi connectivity index (χ1v) is 13.3. The van der Waals surface area contributed by atoms with Gasteiger partial charge < -0.3 is 15.2 Å². The van der Waals surface area contributed by atoms with Gasteiger partial charge in [-0.05, 0) is 53.6 Å². The van der Waals surface area contributed by atoms with Crippen molar-refractivity contribution in [1.29, 1.82) is 0 Å². The molecule has 1 amide bonds. The van der Waals surface area contributed by atoms with E-state index in [0.717, 1.165) is 18.7 Å². The third kappa shape index (κ3) is 6.23. The van der Waals surface area contributed by atoms with E-state index in [1.54, 1.807) is 0 Å². The molecule has 0 radical (unpaired) electrons. The summed E-state index contributed by atoms with van der Waals surface area (Å²) in [6.45, 7) is 7.47. The van der Waals surface area contributed by atoms with Crippen LogP contribution in [-0.2, 0) is 14.3 Å². The van der Waals surface area contributed by atoms with E-state index in [2.05, 4.69) is 36.2 Å². The summed E-state index contributed by atoms with van der Waals surface area (Å²) in [5, 5.41) is 13.9. The average Bonchev–Trinajstić information content (AvgIpc) is 2.86. The normalized spacial score (nSPS) is 25.6. The molecule has 0 aromatic heterocycles. The van der Waals surface area contributed by atoms with Crippen LogP contribution < -0.4 is 5.32 Å². The molecule has 8 heteroatoms. The molecule has 0 aliphatic carbocycles. The van der Waals surface area contributed by atoms with E-state index in [0.29, 0.717) is 29.7 Å². The van der Waals surface area contributed by atoms with E-state index in [4.69, 9.17) is 27.9 Å². The molecule has 36 heavy (non-hydrogen) atoms. The van der Waals surface area contributed by atoms with Crippen molar-refractivity contribution in [2.45, 2.75) is 44.7 Å². The van der Waals surface area contributed by atoms with Gasteiger partial charge in [-0.25, -0.2) is 0 Å². The number of piperidine rings is 1. The SMILES string of the molecule is CC(C(C)[C@@H]1NC(=O)[C@@H](CC(=O)O)C[C@@H]1c1cccc(Cl)c1)C(c1ccc(Cl)cc1)N1CCOCC1. The van der Waals surface area contributed by atoms with Gasteiger partial charge in [-0.2, -0.15) is 0 Å². The number of carbonyl (C=O) groups is 2. The Morgan fingerprint density at radius 3 is 2.44 bits per heavy atom. The van der Waals surface area contributed by atoms with Crippen molar-refractivity contribution in [3.05, 3.63) is 69.7 Å². The lowest BCUT2D eigenvalue weighted by atomic mass is 9.70. The molecule has 2 aromatic carbocycles. The topological polar surface area (TPSA) is 78.9 Å². The number of benzene rings is 2. The molecule has 194 valence electrons. The number of rotatable bonds is 8. The maximum atomic E-state index is 13.0. The van der Waals surface area contributed by atoms with Crippen LogP contribution in [0.25, 0.3) is 0 Å². The van der Waals surface area contributed by atoms with Gasteiger partial charge in [0.15, 0.2) is 0 Å². The molecule has 0 saturated carbocycles. The Kier molecular flexibility index (Phi) is 8.94. The quantitative estimate of drug-likeness (QED) is 0.475. The van der Waals surface area contributed by atoms with Crippen molar-refractivity contribution in [3.63, 3.8) is 0 Å². The highest BCUT2D eigenvalue weighted by Crippen LogP contribution is 2.42. The Morgan fingerprint density at radius 1 is 1.11 bits per heavy atom. The number of halogens is 2. The summed E-state index contributed by atoms with van der Waals surface area (Å²) in [4.78, 5) is 27.0. The second kappa shape index (κ2) is 12.0. The maximum Gasteiger partial charge on any atom is 0.304 e. The van der Waals surface area contributed by atoms with Gasteiger partial charge in [-0.1, -0.05) is 61.3 Å². The summed E-state index contributed by atoms with van der Waals surface area (Å²) in [6, 6.07) is 15.7. The van der Waals surface area contributed by atoms with Gasteiger partial charge in [0, 0.05) is 47.1 Å². The predicted octanol–water partition coefficient (Wildman–Crippen LogP) is 5.40. The molecule has 2 N–H and O–H groups in total. The van der Waals surface area contributed by atoms with Gasteiger partial charge in [0.25, 0.3) is 0 Å². The Labute approximate surface area is 222 Å². The first-order chi connectivity index (χ1) is 17.2. The van der Waals surface area contributed by atoms with Crippen LogP contribution in [0, 0.1) is 17.8 Å². The summed E-state index contributed by atoms with van der Waals surface area (Å²) in [5.74, 6) is -1.50. The van der Waals surface area contributed by atoms with Gasteiger partial charge in [-0.3, -0.25) is 14.5 Å². The number of nitrogens with one attached hydrogen (secondary N) is 1. The van der Waals surface area contributed by atoms with Crippen LogP contribution in [-0.4, -0.2) is 54.2 Å². The van der Waals surface area contributed by atoms with Crippen LogP contribution in [0.5, 0.6) is 0 Å². The standard InChI is InChI=1S/C28H34Cl2N2O4/c1-17(18(2)27(32-10-12-36-13-11-32)19-6-8-22(29)9-7-19)26-24(20-4-3-5-23(30)14-20)15-21(16-25(33)34)28(35)31-26/h3-9,14,17-18,21,24,26-27H,10-13,15-16H2,1-2H3,(H,31,35)(H,33,34)/t17?,18?,21-,24-,26+,27?/m1/s1. The van der Waals surface area contributed by atoms with Crippen molar-refractivity contribution >= 4 is 35.1 Å². The lowest BCUT2D eigenvalue weighted by Gasteiger charge is -2.46. The van der Waals surface area contributed by atoms with Crippen LogP contribution in [0.15, 0.2) is 48.5 Å². The molecule has 3 unspecified atom stereocenters. The van der Waals surface area contributed by atoms with Crippen LogP contribution in [0.2, 0.25) is 10.0 Å². The minimum absolute atomic E-state index is 0.0428. The van der Waals surface area contributed by atoms with Crippen LogP contribution >= 0.6 is 23.2 Å². The summed E-state index contributed by atoms with van der Waals surface area (Å²) in [5.41, 5.74) is 2.21. The van der Waals surface area contributed by atoms with Gasteiger partial charge in [0.1, 0.15) is 0 Å². The Bertz CT molecular complexity index is 1060. The molecule has 2 fully saturated rings. The molecule has 2 aromatic rings. The monoisotopic (exact) mass is 532 g/mol. The first-order valence-electron chi connectivity index (χ1n) is 12.6. The Hall–Kier alpha value is -2.12. The van der Waals surface area contributed by atoms with Crippen molar-refractivity contribution < 1.29 is 19.4 Å². The van der Waals surface area contributed by atoms with E-state index >= 15 is 0 Å². The number of nitrogens with zero attached hydrogens (tertiary/aromatic N) is 1. The van der Waals surface area contributed by atoms with Gasteiger partial charge in [-0.15, -0.1) is 0 Å². The van der Waals surface area contributed by atoms with Crippen LogP contribution in [0.4, 0.5) is 0 Å². The van der Waals surface area contributed by atoms with E-state index in [9.17, 15) is 14.7 Å². The molecule has 2 aliphatic rings. The summed E-state index contributed by atoms with van der Waals surface area (Å²) in [7, 11) is 0. The van der Waals surface area contributed by atoms with Gasteiger partial charge in [0.2, 0.25) is 5.91 Å². The zero-order valence-corrected chi connectivity index (χ0v) is 22.2. The highest BCUT2D eigenvalue weighted by atomic mass is 35.5. The number of hydrogen-bond donors (Lipinski definition) is 2. The number of ether oxygens (including phenoxy) is 1. The van der Waals surface area contributed by atoms with Crippen molar-refractivity contribution in [2.24, 2.45) is 17.8 Å². The van der Waals surface area contributed by atoms with Crippen molar-refractivity contribution in [2.75, 3.05) is 26.3 Å². The molecule has 2 heterocycles. The van der Waals surface area contributed by atoms with Crippen molar-refractivity contribution in [3.8, 4) is 0 Å². The lowest BCUT2D eigenvalue weighted by molar-refractivity contribution is -0.142. The molecule has 0 spiro atoms. The minimum atomic E-state index is -0.963. The number of carbonyl (C=O) groups excluding carboxylic acids is 1. The maximum absolute atomic E-state index is 13.0. The van der Waals surface area contributed by atoms with Crippen LogP contribution in [0.3, 0.4) is 0 Å². The first kappa shape index (κ1) is 26.9. The molecule has 4 rings (SSSR count). The number of hydrogen-bond acceptors (Lipinski definition) is 4. The number of carboxylic acid groups (broad SMARTS) is 1. The minimum Gasteiger partial charge on any atom is -0.481 e.